The summed E-state index contributed by atoms with van der Waals surface area (Å²) >= 11 is 0. The second kappa shape index (κ2) is 7.04. The van der Waals surface area contributed by atoms with Gasteiger partial charge < -0.3 is 20.1 Å². The van der Waals surface area contributed by atoms with Gasteiger partial charge in [0, 0.05) is 12.2 Å². The maximum absolute atomic E-state index is 6.07. The van der Waals surface area contributed by atoms with Gasteiger partial charge >= 0.3 is 0 Å². The Bertz CT molecular complexity index is 671. The number of fused-ring (bicyclic) bond motifs is 1. The van der Waals surface area contributed by atoms with Crippen LogP contribution in [0.25, 0.3) is 0 Å². The third kappa shape index (κ3) is 4.13. The van der Waals surface area contributed by atoms with Crippen molar-refractivity contribution >= 4 is 11.4 Å². The fourth-order valence-corrected chi connectivity index (χ4v) is 3.05. The fraction of sp³-hybridized carbons (Fsp3) is 0.400. The Hall–Kier alpha value is -2.36. The molecule has 3 rings (SSSR count). The Morgan fingerprint density at radius 2 is 1.92 bits per heavy atom. The molecule has 24 heavy (non-hydrogen) atoms. The van der Waals surface area contributed by atoms with Crippen molar-refractivity contribution in [1.29, 1.82) is 0 Å². The van der Waals surface area contributed by atoms with Crippen LogP contribution in [0.3, 0.4) is 0 Å². The van der Waals surface area contributed by atoms with E-state index >= 15 is 0 Å². The Labute approximate surface area is 144 Å². The van der Waals surface area contributed by atoms with E-state index in [2.05, 4.69) is 18.7 Å². The average molecular weight is 326 g/mol. The molecule has 0 atom stereocenters. The van der Waals surface area contributed by atoms with Crippen LogP contribution in [0.1, 0.15) is 26.7 Å². The summed E-state index contributed by atoms with van der Waals surface area (Å²) in [6.45, 7) is 6.82. The molecule has 0 saturated heterocycles. The van der Waals surface area contributed by atoms with E-state index in [4.69, 9.17) is 15.2 Å². The molecule has 128 valence electrons. The molecule has 0 amide bonds. The lowest BCUT2D eigenvalue weighted by atomic mass is 10.0. The van der Waals surface area contributed by atoms with Crippen LogP contribution in [0.5, 0.6) is 11.5 Å². The number of benzene rings is 2. The predicted molar refractivity (Wildman–Crippen MR) is 98.9 cm³/mol. The molecule has 2 aromatic rings. The number of nitrogen functional groups attached to an aromatic ring is 1. The van der Waals surface area contributed by atoms with E-state index in [1.807, 2.05) is 48.5 Å². The zero-order valence-corrected chi connectivity index (χ0v) is 14.5. The Balaban J connectivity index is 1.54. The summed E-state index contributed by atoms with van der Waals surface area (Å²) in [5.74, 6) is 1.85. The molecule has 1 aliphatic heterocycles. The van der Waals surface area contributed by atoms with Gasteiger partial charge in [-0.2, -0.15) is 0 Å². The summed E-state index contributed by atoms with van der Waals surface area (Å²) < 4.78 is 11.8. The van der Waals surface area contributed by atoms with E-state index in [1.54, 1.807) is 0 Å². The van der Waals surface area contributed by atoms with Gasteiger partial charge in [0.15, 0.2) is 0 Å². The Kier molecular flexibility index (Phi) is 4.84. The maximum atomic E-state index is 6.07. The first-order chi connectivity index (χ1) is 11.5. The molecular weight excluding hydrogens is 300 g/mol. The zero-order valence-electron chi connectivity index (χ0n) is 14.5. The molecule has 0 fully saturated rings. The highest BCUT2D eigenvalue weighted by Crippen LogP contribution is 2.38. The number of para-hydroxylation sites is 1. The Morgan fingerprint density at radius 1 is 1.12 bits per heavy atom. The number of ether oxygens (including phenoxy) is 2. The molecular formula is C20H26N2O2. The number of hydrogen-bond donors (Lipinski definition) is 1. The number of hydrogen-bond acceptors (Lipinski definition) is 4. The number of nitrogens with zero attached hydrogens (tertiary/aromatic N) is 1. The normalized spacial score (nSPS) is 15.5. The van der Waals surface area contributed by atoms with Crippen molar-refractivity contribution in [3.8, 4) is 11.5 Å². The minimum absolute atomic E-state index is 0.191. The molecule has 0 aliphatic carbocycles. The van der Waals surface area contributed by atoms with E-state index in [1.165, 1.54) is 0 Å². The van der Waals surface area contributed by atoms with Crippen molar-refractivity contribution in [2.45, 2.75) is 32.3 Å². The van der Waals surface area contributed by atoms with Gasteiger partial charge in [-0.25, -0.2) is 0 Å². The summed E-state index contributed by atoms with van der Waals surface area (Å²) in [5, 5.41) is 0. The minimum Gasteiger partial charge on any atom is -0.494 e. The summed E-state index contributed by atoms with van der Waals surface area (Å²) in [4.78, 5) is 2.37. The molecule has 1 heterocycles. The standard InChI is InChI=1S/C20H26N2O2/c1-20(2)15-22(18-14-16(21)10-11-19(18)24-20)12-6-7-13-23-17-8-4-3-5-9-17/h3-5,8-11,14H,6-7,12-13,15,21H2,1-2H3. The predicted octanol–water partition coefficient (Wildman–Crippen LogP) is 4.11. The number of anilines is 2. The molecule has 0 saturated carbocycles. The van der Waals surface area contributed by atoms with E-state index in [9.17, 15) is 0 Å². The molecule has 4 heteroatoms. The first kappa shape index (κ1) is 16.5. The molecule has 0 spiro atoms. The van der Waals surface area contributed by atoms with E-state index in [0.717, 1.165) is 55.4 Å². The molecule has 4 nitrogen and oxygen atoms in total. The number of rotatable bonds is 6. The van der Waals surface area contributed by atoms with Crippen LogP contribution in [-0.2, 0) is 0 Å². The van der Waals surface area contributed by atoms with Gasteiger partial charge in [-0.3, -0.25) is 0 Å². The molecule has 0 unspecified atom stereocenters. The second-order valence-electron chi connectivity index (χ2n) is 6.88. The first-order valence-corrected chi connectivity index (χ1v) is 8.55. The summed E-state index contributed by atoms with van der Waals surface area (Å²) in [6.07, 6.45) is 2.08. The lowest BCUT2D eigenvalue weighted by molar-refractivity contribution is 0.105. The number of nitrogens with two attached hydrogens (primary N) is 1. The monoisotopic (exact) mass is 326 g/mol. The quantitative estimate of drug-likeness (QED) is 0.641. The summed E-state index contributed by atoms with van der Waals surface area (Å²) in [6, 6.07) is 15.8. The van der Waals surface area contributed by atoms with Crippen LogP contribution >= 0.6 is 0 Å². The van der Waals surface area contributed by atoms with Gasteiger partial charge in [-0.15, -0.1) is 0 Å². The maximum Gasteiger partial charge on any atom is 0.143 e. The van der Waals surface area contributed by atoms with Crippen molar-refractivity contribution in [2.24, 2.45) is 0 Å². The van der Waals surface area contributed by atoms with E-state index in [-0.39, 0.29) is 5.60 Å². The van der Waals surface area contributed by atoms with Gasteiger partial charge in [-0.1, -0.05) is 18.2 Å². The Morgan fingerprint density at radius 3 is 2.71 bits per heavy atom. The molecule has 2 aromatic carbocycles. The van der Waals surface area contributed by atoms with Crippen molar-refractivity contribution < 1.29 is 9.47 Å². The smallest absolute Gasteiger partial charge is 0.143 e. The topological polar surface area (TPSA) is 47.7 Å². The van der Waals surface area contributed by atoms with Crippen LogP contribution in [0.2, 0.25) is 0 Å². The largest absolute Gasteiger partial charge is 0.494 e. The zero-order chi connectivity index (χ0) is 17.0. The number of unbranched alkanes of at least 4 members (excludes halogenated alkanes) is 1. The first-order valence-electron chi connectivity index (χ1n) is 8.55. The van der Waals surface area contributed by atoms with Gasteiger partial charge in [0.05, 0.1) is 18.8 Å². The highest BCUT2D eigenvalue weighted by molar-refractivity contribution is 5.66. The van der Waals surface area contributed by atoms with Crippen molar-refractivity contribution in [3.05, 3.63) is 48.5 Å². The van der Waals surface area contributed by atoms with Crippen molar-refractivity contribution in [3.63, 3.8) is 0 Å². The lowest BCUT2D eigenvalue weighted by Gasteiger charge is -2.41. The van der Waals surface area contributed by atoms with Gasteiger partial charge in [-0.05, 0) is 57.0 Å². The second-order valence-corrected chi connectivity index (χ2v) is 6.88. The van der Waals surface area contributed by atoms with Crippen LogP contribution in [0.4, 0.5) is 11.4 Å². The summed E-state index contributed by atoms with van der Waals surface area (Å²) in [5.41, 5.74) is 7.63. The molecule has 0 aromatic heterocycles. The molecule has 1 aliphatic rings. The van der Waals surface area contributed by atoms with E-state index < -0.39 is 0 Å². The molecule has 2 N–H and O–H groups in total. The van der Waals surface area contributed by atoms with Crippen LogP contribution < -0.4 is 20.1 Å². The lowest BCUT2D eigenvalue weighted by Crippen LogP contribution is -2.47. The molecule has 0 radical (unpaired) electrons. The van der Waals surface area contributed by atoms with E-state index in [0.29, 0.717) is 0 Å². The highest BCUT2D eigenvalue weighted by Gasteiger charge is 2.31. The fourth-order valence-electron chi connectivity index (χ4n) is 3.05. The highest BCUT2D eigenvalue weighted by atomic mass is 16.5. The molecule has 0 bridgehead atoms. The van der Waals surface area contributed by atoms with Gasteiger partial charge in [0.25, 0.3) is 0 Å². The average Bonchev–Trinajstić information content (AvgIpc) is 2.55. The van der Waals surface area contributed by atoms with Crippen LogP contribution in [-0.4, -0.2) is 25.3 Å². The van der Waals surface area contributed by atoms with Crippen LogP contribution in [0, 0.1) is 0 Å². The van der Waals surface area contributed by atoms with Crippen LogP contribution in [0.15, 0.2) is 48.5 Å². The summed E-state index contributed by atoms with van der Waals surface area (Å²) in [7, 11) is 0. The van der Waals surface area contributed by atoms with Gasteiger partial charge in [0.1, 0.15) is 17.1 Å². The van der Waals surface area contributed by atoms with Gasteiger partial charge in [0.2, 0.25) is 0 Å². The van der Waals surface area contributed by atoms with Crippen molar-refractivity contribution in [1.82, 2.24) is 0 Å². The SMILES string of the molecule is CC1(C)CN(CCCCOc2ccccc2)c2cc(N)ccc2O1. The third-order valence-corrected chi connectivity index (χ3v) is 4.12. The minimum atomic E-state index is -0.191. The third-order valence-electron chi connectivity index (χ3n) is 4.12. The van der Waals surface area contributed by atoms with Crippen molar-refractivity contribution in [2.75, 3.05) is 30.3 Å².